The Morgan fingerprint density at radius 3 is 2.55 bits per heavy atom. The number of carbonyl (C=O) groups is 2. The van der Waals surface area contributed by atoms with Gasteiger partial charge in [-0.2, -0.15) is 0 Å². The Hall–Kier alpha value is -2.10. The Morgan fingerprint density at radius 2 is 1.82 bits per heavy atom. The van der Waals surface area contributed by atoms with E-state index >= 15 is 0 Å². The third kappa shape index (κ3) is 1.90. The molecule has 1 aromatic carbocycles. The molecule has 3 aliphatic rings. The highest BCUT2D eigenvalue weighted by atomic mass is 16.2. The van der Waals surface area contributed by atoms with Gasteiger partial charge in [-0.3, -0.25) is 9.59 Å². The summed E-state index contributed by atoms with van der Waals surface area (Å²) in [6.07, 6.45) is 7.36. The SMILES string of the molecule is O=C(C1CC=CC1)N1CCC2(CC1)C(=O)Nc1ccccc12. The first-order valence-electron chi connectivity index (χ1n) is 8.05. The molecule has 4 heteroatoms. The average Bonchev–Trinajstić information content (AvgIpc) is 3.16. The fourth-order valence-corrected chi connectivity index (χ4v) is 4.06. The molecule has 1 aliphatic carbocycles. The van der Waals surface area contributed by atoms with E-state index in [4.69, 9.17) is 0 Å². The number of hydrogen-bond acceptors (Lipinski definition) is 2. The van der Waals surface area contributed by atoms with Crippen LogP contribution in [0.4, 0.5) is 5.69 Å². The summed E-state index contributed by atoms with van der Waals surface area (Å²) in [6.45, 7) is 1.36. The number of rotatable bonds is 1. The third-order valence-electron chi connectivity index (χ3n) is 5.41. The Bertz CT molecular complexity index is 649. The van der Waals surface area contributed by atoms with E-state index in [9.17, 15) is 9.59 Å². The largest absolute Gasteiger partial charge is 0.342 e. The van der Waals surface area contributed by atoms with Gasteiger partial charge >= 0.3 is 0 Å². The summed E-state index contributed by atoms with van der Waals surface area (Å²) >= 11 is 0. The number of piperidine rings is 1. The summed E-state index contributed by atoms with van der Waals surface area (Å²) in [5.41, 5.74) is 1.61. The zero-order valence-electron chi connectivity index (χ0n) is 12.5. The molecule has 1 saturated heterocycles. The number of anilines is 1. The number of fused-ring (bicyclic) bond motifs is 2. The lowest BCUT2D eigenvalue weighted by Crippen LogP contribution is -2.49. The van der Waals surface area contributed by atoms with Gasteiger partial charge in [-0.25, -0.2) is 0 Å². The van der Waals surface area contributed by atoms with Gasteiger partial charge in [-0.05, 0) is 37.3 Å². The van der Waals surface area contributed by atoms with Gasteiger partial charge in [0.15, 0.2) is 0 Å². The summed E-state index contributed by atoms with van der Waals surface area (Å²) in [7, 11) is 0. The second-order valence-electron chi connectivity index (χ2n) is 6.55. The number of para-hydroxylation sites is 1. The summed E-state index contributed by atoms with van der Waals surface area (Å²) in [4.78, 5) is 27.0. The van der Waals surface area contributed by atoms with E-state index in [1.54, 1.807) is 0 Å². The number of amides is 2. The normalized spacial score (nSPS) is 22.9. The molecular weight excluding hydrogens is 276 g/mol. The van der Waals surface area contributed by atoms with E-state index in [0.29, 0.717) is 13.1 Å². The zero-order chi connectivity index (χ0) is 15.2. The highest BCUT2D eigenvalue weighted by Crippen LogP contribution is 2.45. The monoisotopic (exact) mass is 296 g/mol. The highest BCUT2D eigenvalue weighted by Gasteiger charge is 2.49. The van der Waals surface area contributed by atoms with Crippen molar-refractivity contribution in [2.24, 2.45) is 5.92 Å². The zero-order valence-corrected chi connectivity index (χ0v) is 12.5. The van der Waals surface area contributed by atoms with Crippen LogP contribution in [0.3, 0.4) is 0 Å². The first-order chi connectivity index (χ1) is 10.7. The smallest absolute Gasteiger partial charge is 0.235 e. The lowest BCUT2D eigenvalue weighted by Gasteiger charge is -2.39. The molecule has 1 spiro atoms. The first kappa shape index (κ1) is 13.6. The van der Waals surface area contributed by atoms with Gasteiger partial charge in [0.2, 0.25) is 11.8 Å². The van der Waals surface area contributed by atoms with Crippen molar-refractivity contribution < 1.29 is 9.59 Å². The van der Waals surface area contributed by atoms with Crippen LogP contribution >= 0.6 is 0 Å². The molecule has 0 unspecified atom stereocenters. The predicted octanol–water partition coefficient (Wildman–Crippen LogP) is 2.47. The van der Waals surface area contributed by atoms with E-state index in [-0.39, 0.29) is 17.7 Å². The Kier molecular flexibility index (Phi) is 3.06. The van der Waals surface area contributed by atoms with Gasteiger partial charge in [0.1, 0.15) is 0 Å². The number of hydrogen-bond donors (Lipinski definition) is 1. The summed E-state index contributed by atoms with van der Waals surface area (Å²) in [5, 5.41) is 3.00. The van der Waals surface area contributed by atoms with Crippen molar-refractivity contribution in [3.8, 4) is 0 Å². The molecule has 1 fully saturated rings. The number of nitrogens with one attached hydrogen (secondary N) is 1. The number of benzene rings is 1. The van der Waals surface area contributed by atoms with E-state index in [1.165, 1.54) is 0 Å². The average molecular weight is 296 g/mol. The second-order valence-corrected chi connectivity index (χ2v) is 6.55. The van der Waals surface area contributed by atoms with Crippen molar-refractivity contribution in [3.63, 3.8) is 0 Å². The van der Waals surface area contributed by atoms with E-state index in [0.717, 1.165) is 36.9 Å². The maximum absolute atomic E-state index is 12.5. The molecule has 2 heterocycles. The Morgan fingerprint density at radius 1 is 1.14 bits per heavy atom. The predicted molar refractivity (Wildman–Crippen MR) is 84.4 cm³/mol. The van der Waals surface area contributed by atoms with Crippen LogP contribution in [-0.4, -0.2) is 29.8 Å². The molecule has 4 rings (SSSR count). The van der Waals surface area contributed by atoms with Gasteiger partial charge in [0.05, 0.1) is 5.41 Å². The molecule has 1 aromatic rings. The quantitative estimate of drug-likeness (QED) is 0.809. The summed E-state index contributed by atoms with van der Waals surface area (Å²) < 4.78 is 0. The van der Waals surface area contributed by atoms with Crippen molar-refractivity contribution in [1.29, 1.82) is 0 Å². The van der Waals surface area contributed by atoms with E-state index < -0.39 is 5.41 Å². The molecule has 4 nitrogen and oxygen atoms in total. The van der Waals surface area contributed by atoms with Gasteiger partial charge in [-0.15, -0.1) is 0 Å². The molecular formula is C18H20N2O2. The molecule has 22 heavy (non-hydrogen) atoms. The van der Waals surface area contributed by atoms with Crippen molar-refractivity contribution in [2.75, 3.05) is 18.4 Å². The molecule has 0 bridgehead atoms. The summed E-state index contributed by atoms with van der Waals surface area (Å²) in [6, 6.07) is 7.95. The minimum atomic E-state index is -0.429. The fraction of sp³-hybridized carbons (Fsp3) is 0.444. The number of allylic oxidation sites excluding steroid dienone is 2. The van der Waals surface area contributed by atoms with E-state index in [2.05, 4.69) is 17.5 Å². The minimum absolute atomic E-state index is 0.100. The van der Waals surface area contributed by atoms with Crippen molar-refractivity contribution in [3.05, 3.63) is 42.0 Å². The lowest BCUT2D eigenvalue weighted by molar-refractivity contribution is -0.138. The van der Waals surface area contributed by atoms with Crippen LogP contribution in [0, 0.1) is 5.92 Å². The molecule has 114 valence electrons. The van der Waals surface area contributed by atoms with Crippen LogP contribution in [0.15, 0.2) is 36.4 Å². The lowest BCUT2D eigenvalue weighted by atomic mass is 9.73. The van der Waals surface area contributed by atoms with Gasteiger partial charge in [0.25, 0.3) is 0 Å². The number of carbonyl (C=O) groups excluding carboxylic acids is 2. The topological polar surface area (TPSA) is 49.4 Å². The van der Waals surface area contributed by atoms with Crippen molar-refractivity contribution >= 4 is 17.5 Å². The van der Waals surface area contributed by atoms with Gasteiger partial charge < -0.3 is 10.2 Å². The molecule has 1 N–H and O–H groups in total. The molecule has 0 saturated carbocycles. The van der Waals surface area contributed by atoms with Gasteiger partial charge in [0, 0.05) is 24.7 Å². The second kappa shape index (κ2) is 4.97. The molecule has 0 radical (unpaired) electrons. The molecule has 0 atom stereocenters. The number of likely N-dealkylation sites (tertiary alicyclic amines) is 1. The molecule has 0 aromatic heterocycles. The van der Waals surface area contributed by atoms with E-state index in [1.807, 2.05) is 29.2 Å². The summed E-state index contributed by atoms with van der Waals surface area (Å²) in [5.74, 6) is 0.480. The maximum atomic E-state index is 12.5. The van der Waals surface area contributed by atoms with Crippen LogP contribution < -0.4 is 5.32 Å². The van der Waals surface area contributed by atoms with Crippen LogP contribution in [0.5, 0.6) is 0 Å². The van der Waals surface area contributed by atoms with Crippen LogP contribution in [0.1, 0.15) is 31.2 Å². The Balaban J connectivity index is 1.52. The van der Waals surface area contributed by atoms with Crippen LogP contribution in [0.2, 0.25) is 0 Å². The van der Waals surface area contributed by atoms with Crippen molar-refractivity contribution in [2.45, 2.75) is 31.1 Å². The first-order valence-corrected chi connectivity index (χ1v) is 8.05. The molecule has 2 aliphatic heterocycles. The Labute approximate surface area is 130 Å². The van der Waals surface area contributed by atoms with Crippen LogP contribution in [-0.2, 0) is 15.0 Å². The third-order valence-corrected chi connectivity index (χ3v) is 5.41. The highest BCUT2D eigenvalue weighted by molar-refractivity contribution is 6.06. The van der Waals surface area contributed by atoms with Crippen molar-refractivity contribution in [1.82, 2.24) is 4.90 Å². The molecule has 2 amide bonds. The minimum Gasteiger partial charge on any atom is -0.342 e. The van der Waals surface area contributed by atoms with Gasteiger partial charge in [-0.1, -0.05) is 30.4 Å². The number of nitrogens with zero attached hydrogens (tertiary/aromatic N) is 1. The fourth-order valence-electron chi connectivity index (χ4n) is 4.06. The maximum Gasteiger partial charge on any atom is 0.235 e. The van der Waals surface area contributed by atoms with Crippen LogP contribution in [0.25, 0.3) is 0 Å². The standard InChI is InChI=1S/C18H20N2O2/c21-16(13-5-1-2-6-13)20-11-9-18(10-12-20)14-7-3-4-8-15(14)19-17(18)22/h1-4,7-8,13H,5-6,9-12H2,(H,19,22).